The standard InChI is InChI=1S/C22H22N2O4/c1-26-19-13-21(28-3)20(27-2)11-17(19)14-23-24-22(25)12-16-9-6-8-15-7-4-5-10-18(15)16/h4-11,13-14H,12H2,1-3H3,(H,24,25). The van der Waals surface area contributed by atoms with Crippen LogP contribution in [0.1, 0.15) is 11.1 Å². The second-order valence-electron chi connectivity index (χ2n) is 6.06. The van der Waals surface area contributed by atoms with Gasteiger partial charge in [0.2, 0.25) is 5.91 Å². The zero-order valence-corrected chi connectivity index (χ0v) is 16.1. The Hall–Kier alpha value is -3.54. The van der Waals surface area contributed by atoms with Gasteiger partial charge >= 0.3 is 0 Å². The van der Waals surface area contributed by atoms with Gasteiger partial charge in [-0.05, 0) is 22.4 Å². The fourth-order valence-corrected chi connectivity index (χ4v) is 2.99. The van der Waals surface area contributed by atoms with Crippen LogP contribution in [-0.2, 0) is 11.2 Å². The van der Waals surface area contributed by atoms with Crippen LogP contribution < -0.4 is 19.6 Å². The van der Waals surface area contributed by atoms with Crippen molar-refractivity contribution in [2.24, 2.45) is 5.10 Å². The molecule has 0 bridgehead atoms. The quantitative estimate of drug-likeness (QED) is 0.504. The van der Waals surface area contributed by atoms with Crippen LogP contribution in [0.15, 0.2) is 59.7 Å². The SMILES string of the molecule is COc1cc(OC)c(OC)cc1C=NNC(=O)Cc1cccc2ccccc12. The molecule has 0 aliphatic carbocycles. The minimum Gasteiger partial charge on any atom is -0.496 e. The highest BCUT2D eigenvalue weighted by atomic mass is 16.5. The van der Waals surface area contributed by atoms with Crippen molar-refractivity contribution in [3.8, 4) is 17.2 Å². The Morgan fingerprint density at radius 3 is 2.36 bits per heavy atom. The molecule has 6 heteroatoms. The number of carbonyl (C=O) groups excluding carboxylic acids is 1. The van der Waals surface area contributed by atoms with Gasteiger partial charge < -0.3 is 14.2 Å². The van der Waals surface area contributed by atoms with Gasteiger partial charge in [0, 0.05) is 11.6 Å². The molecule has 28 heavy (non-hydrogen) atoms. The van der Waals surface area contributed by atoms with E-state index in [0.717, 1.165) is 16.3 Å². The molecule has 0 atom stereocenters. The van der Waals surface area contributed by atoms with E-state index in [-0.39, 0.29) is 12.3 Å². The molecule has 3 rings (SSSR count). The Morgan fingerprint density at radius 2 is 1.61 bits per heavy atom. The predicted molar refractivity (Wildman–Crippen MR) is 109 cm³/mol. The lowest BCUT2D eigenvalue weighted by atomic mass is 10.0. The lowest BCUT2D eigenvalue weighted by molar-refractivity contribution is -0.120. The van der Waals surface area contributed by atoms with Gasteiger partial charge in [-0.3, -0.25) is 4.79 Å². The van der Waals surface area contributed by atoms with Crippen molar-refractivity contribution in [1.82, 2.24) is 5.43 Å². The molecule has 0 radical (unpaired) electrons. The van der Waals surface area contributed by atoms with Gasteiger partial charge in [0.05, 0.1) is 34.0 Å². The topological polar surface area (TPSA) is 69.2 Å². The van der Waals surface area contributed by atoms with Gasteiger partial charge in [-0.25, -0.2) is 5.43 Å². The number of ether oxygens (including phenoxy) is 3. The van der Waals surface area contributed by atoms with E-state index in [1.54, 1.807) is 33.5 Å². The number of hydrogen-bond donors (Lipinski definition) is 1. The molecule has 0 unspecified atom stereocenters. The lowest BCUT2D eigenvalue weighted by Gasteiger charge is -2.11. The van der Waals surface area contributed by atoms with Crippen molar-refractivity contribution in [1.29, 1.82) is 0 Å². The molecule has 0 aliphatic rings. The zero-order valence-electron chi connectivity index (χ0n) is 16.1. The molecule has 0 fully saturated rings. The summed E-state index contributed by atoms with van der Waals surface area (Å²) < 4.78 is 15.9. The molecule has 3 aromatic carbocycles. The normalized spacial score (nSPS) is 10.8. The Balaban J connectivity index is 1.73. The first-order valence-electron chi connectivity index (χ1n) is 8.74. The summed E-state index contributed by atoms with van der Waals surface area (Å²) in [4.78, 5) is 12.3. The number of methoxy groups -OCH3 is 3. The van der Waals surface area contributed by atoms with E-state index in [1.807, 2.05) is 42.5 Å². The number of rotatable bonds is 7. The predicted octanol–water partition coefficient (Wildman–Crippen LogP) is 3.56. The van der Waals surface area contributed by atoms with E-state index in [9.17, 15) is 4.79 Å². The van der Waals surface area contributed by atoms with E-state index < -0.39 is 0 Å². The number of hydrogen-bond acceptors (Lipinski definition) is 5. The Bertz CT molecular complexity index is 1010. The maximum Gasteiger partial charge on any atom is 0.244 e. The molecule has 0 saturated heterocycles. The molecule has 1 amide bonds. The third-order valence-electron chi connectivity index (χ3n) is 4.36. The second-order valence-corrected chi connectivity index (χ2v) is 6.06. The number of nitrogens with one attached hydrogen (secondary N) is 1. The average Bonchev–Trinajstić information content (AvgIpc) is 2.73. The van der Waals surface area contributed by atoms with Gasteiger partial charge in [-0.1, -0.05) is 42.5 Å². The maximum absolute atomic E-state index is 12.3. The summed E-state index contributed by atoms with van der Waals surface area (Å²) in [6, 6.07) is 17.3. The number of nitrogens with zero attached hydrogens (tertiary/aromatic N) is 1. The summed E-state index contributed by atoms with van der Waals surface area (Å²) in [6.45, 7) is 0. The first kappa shape index (κ1) is 19.2. The molecule has 3 aromatic rings. The van der Waals surface area contributed by atoms with E-state index in [1.165, 1.54) is 6.21 Å². The summed E-state index contributed by atoms with van der Waals surface area (Å²) in [7, 11) is 4.66. The molecule has 0 saturated carbocycles. The smallest absolute Gasteiger partial charge is 0.244 e. The van der Waals surface area contributed by atoms with Crippen molar-refractivity contribution in [2.75, 3.05) is 21.3 Å². The van der Waals surface area contributed by atoms with Gasteiger partial charge in [0.1, 0.15) is 5.75 Å². The Morgan fingerprint density at radius 1 is 0.929 bits per heavy atom. The van der Waals surface area contributed by atoms with Crippen molar-refractivity contribution < 1.29 is 19.0 Å². The Kier molecular flexibility index (Phi) is 6.11. The van der Waals surface area contributed by atoms with E-state index in [0.29, 0.717) is 22.8 Å². The Labute approximate surface area is 163 Å². The van der Waals surface area contributed by atoms with Crippen molar-refractivity contribution in [3.63, 3.8) is 0 Å². The van der Waals surface area contributed by atoms with Crippen LogP contribution in [0.2, 0.25) is 0 Å². The van der Waals surface area contributed by atoms with Crippen LogP contribution in [0.5, 0.6) is 17.2 Å². The molecule has 0 aliphatic heterocycles. The van der Waals surface area contributed by atoms with Crippen LogP contribution in [0.25, 0.3) is 10.8 Å². The first-order chi connectivity index (χ1) is 13.7. The number of fused-ring (bicyclic) bond motifs is 1. The molecule has 1 N–H and O–H groups in total. The monoisotopic (exact) mass is 378 g/mol. The van der Waals surface area contributed by atoms with Gasteiger partial charge in [-0.2, -0.15) is 5.10 Å². The largest absolute Gasteiger partial charge is 0.496 e. The highest BCUT2D eigenvalue weighted by Gasteiger charge is 2.11. The number of carbonyl (C=O) groups is 1. The average molecular weight is 378 g/mol. The van der Waals surface area contributed by atoms with E-state index in [4.69, 9.17) is 14.2 Å². The van der Waals surface area contributed by atoms with E-state index >= 15 is 0 Å². The number of benzene rings is 3. The van der Waals surface area contributed by atoms with Gasteiger partial charge in [0.25, 0.3) is 0 Å². The van der Waals surface area contributed by atoms with Crippen molar-refractivity contribution in [3.05, 3.63) is 65.7 Å². The second kappa shape index (κ2) is 8.90. The summed E-state index contributed by atoms with van der Waals surface area (Å²) in [5.74, 6) is 1.46. The fourth-order valence-electron chi connectivity index (χ4n) is 2.99. The minimum absolute atomic E-state index is 0.202. The van der Waals surface area contributed by atoms with Crippen molar-refractivity contribution >= 4 is 22.9 Å². The third-order valence-corrected chi connectivity index (χ3v) is 4.36. The van der Waals surface area contributed by atoms with E-state index in [2.05, 4.69) is 10.5 Å². The maximum atomic E-state index is 12.3. The number of hydrazone groups is 1. The highest BCUT2D eigenvalue weighted by molar-refractivity contribution is 5.91. The summed E-state index contributed by atoms with van der Waals surface area (Å²) in [5, 5.41) is 6.22. The molecule has 144 valence electrons. The molecule has 0 aromatic heterocycles. The van der Waals surface area contributed by atoms with Gasteiger partial charge in [0.15, 0.2) is 11.5 Å². The fraction of sp³-hybridized carbons (Fsp3) is 0.182. The van der Waals surface area contributed by atoms with Crippen LogP contribution in [0, 0.1) is 0 Å². The zero-order chi connectivity index (χ0) is 19.9. The summed E-state index contributed by atoms with van der Waals surface area (Å²) in [6.07, 6.45) is 1.75. The molecule has 0 heterocycles. The summed E-state index contributed by atoms with van der Waals surface area (Å²) in [5.41, 5.74) is 4.18. The molecule has 6 nitrogen and oxygen atoms in total. The van der Waals surface area contributed by atoms with Crippen LogP contribution in [-0.4, -0.2) is 33.5 Å². The lowest BCUT2D eigenvalue weighted by Crippen LogP contribution is -2.20. The van der Waals surface area contributed by atoms with Crippen LogP contribution >= 0.6 is 0 Å². The number of amides is 1. The van der Waals surface area contributed by atoms with Crippen molar-refractivity contribution in [2.45, 2.75) is 6.42 Å². The molecule has 0 spiro atoms. The third kappa shape index (κ3) is 4.23. The molecular weight excluding hydrogens is 356 g/mol. The molecular formula is C22H22N2O4. The highest BCUT2D eigenvalue weighted by Crippen LogP contribution is 2.33. The summed E-state index contributed by atoms with van der Waals surface area (Å²) >= 11 is 0. The minimum atomic E-state index is -0.202. The van der Waals surface area contributed by atoms with Crippen LogP contribution in [0.3, 0.4) is 0 Å². The first-order valence-corrected chi connectivity index (χ1v) is 8.74. The van der Waals surface area contributed by atoms with Gasteiger partial charge in [-0.15, -0.1) is 0 Å². The van der Waals surface area contributed by atoms with Crippen LogP contribution in [0.4, 0.5) is 0 Å².